The predicted molar refractivity (Wildman–Crippen MR) is 129 cm³/mol. The quantitative estimate of drug-likeness (QED) is 0.278. The SMILES string of the molecule is Cc1cc(C(F)(C(F)(F)F)C(F)(F)F)ccc1N(CCC1=CCCCC1)C(=O)c1cccc(Cl)c1C(N)=O. The van der Waals surface area contributed by atoms with Gasteiger partial charge in [-0.2, -0.15) is 26.3 Å². The third-order valence-electron chi connectivity index (χ3n) is 6.44. The first-order chi connectivity index (χ1) is 17.6. The smallest absolute Gasteiger partial charge is 0.366 e. The second kappa shape index (κ2) is 11.0. The summed E-state index contributed by atoms with van der Waals surface area (Å²) in [5.41, 5.74) is -1.60. The zero-order valence-corrected chi connectivity index (χ0v) is 20.9. The van der Waals surface area contributed by atoms with Crippen LogP contribution in [0.4, 0.5) is 36.4 Å². The number of halogens is 8. The highest BCUT2D eigenvalue weighted by Gasteiger charge is 2.73. The number of aryl methyl sites for hydroxylation is 1. The van der Waals surface area contributed by atoms with Crippen LogP contribution in [0.1, 0.15) is 63.9 Å². The van der Waals surface area contributed by atoms with Gasteiger partial charge < -0.3 is 10.6 Å². The number of carbonyl (C=O) groups excluding carboxylic acids is 2. The van der Waals surface area contributed by atoms with Gasteiger partial charge in [-0.1, -0.05) is 41.4 Å². The van der Waals surface area contributed by atoms with Gasteiger partial charge in [0, 0.05) is 17.8 Å². The number of allylic oxidation sites excluding steroid dienone is 1. The molecule has 4 nitrogen and oxygen atoms in total. The van der Waals surface area contributed by atoms with E-state index in [-0.39, 0.29) is 33.9 Å². The molecule has 0 saturated carbocycles. The molecule has 12 heteroatoms. The average molecular weight is 565 g/mol. The molecule has 0 heterocycles. The van der Waals surface area contributed by atoms with Crippen LogP contribution in [-0.2, 0) is 5.67 Å². The van der Waals surface area contributed by atoms with E-state index in [0.717, 1.165) is 42.2 Å². The zero-order chi connectivity index (χ0) is 28.5. The molecule has 0 saturated heterocycles. The maximum Gasteiger partial charge on any atom is 0.435 e. The highest BCUT2D eigenvalue weighted by molar-refractivity contribution is 6.35. The van der Waals surface area contributed by atoms with Crippen molar-refractivity contribution >= 4 is 29.1 Å². The minimum absolute atomic E-state index is 0.0190. The van der Waals surface area contributed by atoms with Gasteiger partial charge in [0.05, 0.1) is 16.1 Å². The largest absolute Gasteiger partial charge is 0.435 e. The van der Waals surface area contributed by atoms with Gasteiger partial charge in [0.15, 0.2) is 0 Å². The van der Waals surface area contributed by atoms with Crippen LogP contribution in [0.15, 0.2) is 48.0 Å². The first kappa shape index (κ1) is 29.5. The summed E-state index contributed by atoms with van der Waals surface area (Å²) >= 11 is 6.07. The lowest BCUT2D eigenvalue weighted by Gasteiger charge is -2.32. The third kappa shape index (κ3) is 5.67. The Bertz CT molecular complexity index is 1240. The molecule has 38 heavy (non-hydrogen) atoms. The minimum atomic E-state index is -6.28. The molecule has 0 aliphatic heterocycles. The Labute approximate surface area is 219 Å². The highest BCUT2D eigenvalue weighted by atomic mass is 35.5. The summed E-state index contributed by atoms with van der Waals surface area (Å²) in [5.74, 6) is -1.80. The molecule has 2 amide bonds. The maximum absolute atomic E-state index is 14.6. The first-order valence-corrected chi connectivity index (χ1v) is 12.0. The second-order valence-corrected chi connectivity index (χ2v) is 9.40. The van der Waals surface area contributed by atoms with Crippen LogP contribution >= 0.6 is 11.6 Å². The Balaban J connectivity index is 2.12. The number of amides is 2. The molecule has 0 fully saturated rings. The van der Waals surface area contributed by atoms with Crippen LogP contribution < -0.4 is 10.6 Å². The van der Waals surface area contributed by atoms with Crippen molar-refractivity contribution in [1.29, 1.82) is 0 Å². The van der Waals surface area contributed by atoms with Crippen molar-refractivity contribution in [3.8, 4) is 0 Å². The number of hydrogen-bond donors (Lipinski definition) is 1. The van der Waals surface area contributed by atoms with Gasteiger partial charge in [-0.25, -0.2) is 4.39 Å². The molecule has 3 rings (SSSR count). The first-order valence-electron chi connectivity index (χ1n) is 11.6. The van der Waals surface area contributed by atoms with Gasteiger partial charge in [0.1, 0.15) is 0 Å². The molecule has 0 aromatic heterocycles. The summed E-state index contributed by atoms with van der Waals surface area (Å²) in [6.45, 7) is 1.15. The number of hydrogen-bond acceptors (Lipinski definition) is 2. The molecular formula is C26H24ClF7N2O2. The number of nitrogens with two attached hydrogens (primary N) is 1. The van der Waals surface area contributed by atoms with Gasteiger partial charge in [-0.15, -0.1) is 0 Å². The Morgan fingerprint density at radius 3 is 2.18 bits per heavy atom. The van der Waals surface area contributed by atoms with Gasteiger partial charge in [0.2, 0.25) is 0 Å². The molecular weight excluding hydrogens is 541 g/mol. The second-order valence-electron chi connectivity index (χ2n) is 9.00. The Kier molecular flexibility index (Phi) is 8.50. The van der Waals surface area contributed by atoms with Gasteiger partial charge >= 0.3 is 18.0 Å². The number of nitrogens with zero attached hydrogens (tertiary/aromatic N) is 1. The molecule has 2 aromatic carbocycles. The fourth-order valence-corrected chi connectivity index (χ4v) is 4.75. The molecule has 206 valence electrons. The predicted octanol–water partition coefficient (Wildman–Crippen LogP) is 7.57. The molecule has 0 spiro atoms. The van der Waals surface area contributed by atoms with Crippen LogP contribution in [-0.4, -0.2) is 30.7 Å². The molecule has 2 N–H and O–H groups in total. The monoisotopic (exact) mass is 564 g/mol. The van der Waals surface area contributed by atoms with Crippen LogP contribution in [0.5, 0.6) is 0 Å². The van der Waals surface area contributed by atoms with Crippen LogP contribution in [0.25, 0.3) is 0 Å². The molecule has 0 radical (unpaired) electrons. The Hall–Kier alpha value is -3.08. The number of alkyl halides is 7. The van der Waals surface area contributed by atoms with E-state index in [1.54, 1.807) is 0 Å². The summed E-state index contributed by atoms with van der Waals surface area (Å²) < 4.78 is 94.4. The maximum atomic E-state index is 14.6. The topological polar surface area (TPSA) is 63.4 Å². The molecule has 0 atom stereocenters. The lowest BCUT2D eigenvalue weighted by Crippen LogP contribution is -2.50. The summed E-state index contributed by atoms with van der Waals surface area (Å²) in [4.78, 5) is 26.8. The summed E-state index contributed by atoms with van der Waals surface area (Å²) in [7, 11) is 0. The normalized spacial score (nSPS) is 14.7. The average Bonchev–Trinajstić information content (AvgIpc) is 2.83. The minimum Gasteiger partial charge on any atom is -0.366 e. The molecule has 0 bridgehead atoms. The number of primary amides is 1. The van der Waals surface area contributed by atoms with E-state index >= 15 is 0 Å². The van der Waals surface area contributed by atoms with Crippen LogP contribution in [0.3, 0.4) is 0 Å². The fraction of sp³-hybridized carbons (Fsp3) is 0.385. The van der Waals surface area contributed by atoms with Crippen molar-refractivity contribution in [2.24, 2.45) is 5.73 Å². The fourth-order valence-electron chi connectivity index (χ4n) is 4.48. The van der Waals surface area contributed by atoms with Crippen LogP contribution in [0.2, 0.25) is 5.02 Å². The summed E-state index contributed by atoms with van der Waals surface area (Å²) in [6, 6.07) is 5.62. The van der Waals surface area contributed by atoms with Crippen molar-refractivity contribution in [1.82, 2.24) is 0 Å². The van der Waals surface area contributed by atoms with Gasteiger partial charge in [0.25, 0.3) is 11.8 Å². The lowest BCUT2D eigenvalue weighted by molar-refractivity contribution is -0.348. The van der Waals surface area contributed by atoms with Crippen molar-refractivity contribution < 1.29 is 40.3 Å². The molecule has 0 unspecified atom stereocenters. The zero-order valence-electron chi connectivity index (χ0n) is 20.1. The van der Waals surface area contributed by atoms with E-state index in [0.29, 0.717) is 18.6 Å². The van der Waals surface area contributed by atoms with Crippen molar-refractivity contribution in [3.63, 3.8) is 0 Å². The van der Waals surface area contributed by atoms with E-state index in [1.807, 2.05) is 6.08 Å². The van der Waals surface area contributed by atoms with E-state index in [2.05, 4.69) is 0 Å². The van der Waals surface area contributed by atoms with E-state index in [4.69, 9.17) is 17.3 Å². The van der Waals surface area contributed by atoms with Crippen molar-refractivity contribution in [2.45, 2.75) is 57.0 Å². The number of carbonyl (C=O) groups is 2. The van der Waals surface area contributed by atoms with Gasteiger partial charge in [-0.05, 0) is 62.8 Å². The number of rotatable bonds is 7. The van der Waals surface area contributed by atoms with Crippen molar-refractivity contribution in [3.05, 3.63) is 75.3 Å². The Morgan fingerprint density at radius 2 is 1.66 bits per heavy atom. The van der Waals surface area contributed by atoms with Gasteiger partial charge in [-0.3, -0.25) is 9.59 Å². The standard InChI is InChI=1S/C26H24ClF7N2O2/c1-15-14-17(24(28,25(29,30)31)26(32,33)34)10-11-20(15)36(13-12-16-6-3-2-4-7-16)23(38)18-8-5-9-19(27)21(18)22(35)37/h5-6,8-11,14H,2-4,7,12-13H2,1H3,(H2,35,37). The molecule has 1 aliphatic carbocycles. The third-order valence-corrected chi connectivity index (χ3v) is 6.76. The summed E-state index contributed by atoms with van der Waals surface area (Å²) in [6.07, 6.45) is -6.64. The number of anilines is 1. The van der Waals surface area contributed by atoms with Crippen molar-refractivity contribution in [2.75, 3.05) is 11.4 Å². The van der Waals surface area contributed by atoms with E-state index < -0.39 is 35.4 Å². The molecule has 2 aromatic rings. The highest BCUT2D eigenvalue weighted by Crippen LogP contribution is 2.53. The number of benzene rings is 2. The molecule has 1 aliphatic rings. The summed E-state index contributed by atoms with van der Waals surface area (Å²) in [5, 5.41) is -0.108. The van der Waals surface area contributed by atoms with Crippen LogP contribution in [0, 0.1) is 6.92 Å². The van der Waals surface area contributed by atoms with E-state index in [9.17, 15) is 40.3 Å². The van der Waals surface area contributed by atoms with E-state index in [1.165, 1.54) is 25.1 Å². The lowest BCUT2D eigenvalue weighted by atomic mass is 9.92. The Morgan fingerprint density at radius 1 is 1.00 bits per heavy atom.